The molecule has 0 aliphatic heterocycles. The van der Waals surface area contributed by atoms with Crippen molar-refractivity contribution in [1.29, 1.82) is 0 Å². The molecule has 0 saturated heterocycles. The van der Waals surface area contributed by atoms with E-state index in [4.69, 9.17) is 0 Å². The maximum absolute atomic E-state index is 4.26. The summed E-state index contributed by atoms with van der Waals surface area (Å²) in [6.45, 7) is 0. The van der Waals surface area contributed by atoms with Gasteiger partial charge in [-0.2, -0.15) is 12.6 Å². The first-order chi connectivity index (χ1) is 12.8. The van der Waals surface area contributed by atoms with Gasteiger partial charge in [-0.05, 0) is 54.1 Å². The van der Waals surface area contributed by atoms with Crippen LogP contribution >= 0.6 is 12.6 Å². The van der Waals surface area contributed by atoms with Crippen molar-refractivity contribution in [3.05, 3.63) is 101 Å². The summed E-state index contributed by atoms with van der Waals surface area (Å²) in [5, 5.41) is 8.38. The van der Waals surface area contributed by atoms with Crippen LogP contribution in [0.2, 0.25) is 0 Å². The Morgan fingerprint density at radius 1 is 0.962 bits per heavy atom. The zero-order chi connectivity index (χ0) is 17.8. The monoisotopic (exact) mass is 353 g/mol. The zero-order valence-corrected chi connectivity index (χ0v) is 14.8. The van der Waals surface area contributed by atoms with E-state index in [0.717, 1.165) is 33.8 Å². The van der Waals surface area contributed by atoms with Gasteiger partial charge in [0.2, 0.25) is 0 Å². The lowest BCUT2D eigenvalue weighted by atomic mass is 10.1. The molecule has 0 atom stereocenters. The SMILES string of the molecule is SCc1ccc(C#Cc2ccc(-n3cc(C4=C=CC=C4)nn3)cc2)cc1. The van der Waals surface area contributed by atoms with Gasteiger partial charge < -0.3 is 0 Å². The average molecular weight is 353 g/mol. The molecule has 0 amide bonds. The molecular weight excluding hydrogens is 338 g/mol. The Bertz CT molecular complexity index is 1080. The molecule has 4 heteroatoms. The summed E-state index contributed by atoms with van der Waals surface area (Å²) >= 11 is 4.26. The highest BCUT2D eigenvalue weighted by molar-refractivity contribution is 7.79. The molecule has 0 fully saturated rings. The van der Waals surface area contributed by atoms with Crippen LogP contribution in [0.3, 0.4) is 0 Å². The summed E-state index contributed by atoms with van der Waals surface area (Å²) < 4.78 is 1.75. The number of rotatable bonds is 3. The second-order valence-corrected chi connectivity index (χ2v) is 6.10. The molecule has 1 aliphatic carbocycles. The second kappa shape index (κ2) is 7.33. The van der Waals surface area contributed by atoms with Crippen LogP contribution in [0.15, 0.2) is 78.7 Å². The molecule has 3 aromatic rings. The summed E-state index contributed by atoms with van der Waals surface area (Å²) in [6, 6.07) is 16.1. The minimum absolute atomic E-state index is 0.739. The van der Waals surface area contributed by atoms with E-state index in [0.29, 0.717) is 0 Å². The molecule has 2 aromatic carbocycles. The van der Waals surface area contributed by atoms with E-state index in [1.54, 1.807) is 4.68 Å². The van der Waals surface area contributed by atoms with Crippen molar-refractivity contribution < 1.29 is 0 Å². The van der Waals surface area contributed by atoms with Gasteiger partial charge in [-0.25, -0.2) is 4.68 Å². The van der Waals surface area contributed by atoms with Crippen molar-refractivity contribution >= 4 is 18.2 Å². The lowest BCUT2D eigenvalue weighted by Crippen LogP contribution is -1.94. The predicted molar refractivity (Wildman–Crippen MR) is 107 cm³/mol. The van der Waals surface area contributed by atoms with Gasteiger partial charge in [0.05, 0.1) is 11.9 Å². The fourth-order valence-corrected chi connectivity index (χ4v) is 2.75. The Kier molecular flexibility index (Phi) is 4.57. The summed E-state index contributed by atoms with van der Waals surface area (Å²) in [7, 11) is 0. The van der Waals surface area contributed by atoms with Crippen LogP contribution in [0.25, 0.3) is 11.3 Å². The molecular formula is C22H15N3S. The van der Waals surface area contributed by atoms with E-state index in [9.17, 15) is 0 Å². The maximum atomic E-state index is 4.26. The summed E-state index contributed by atoms with van der Waals surface area (Å²) in [5.41, 5.74) is 8.96. The molecule has 26 heavy (non-hydrogen) atoms. The average Bonchev–Trinajstić information content (AvgIpc) is 3.39. The van der Waals surface area contributed by atoms with Crippen molar-refractivity contribution in [2.75, 3.05) is 0 Å². The van der Waals surface area contributed by atoms with Crippen LogP contribution in [0, 0.1) is 11.8 Å². The van der Waals surface area contributed by atoms with E-state index in [1.165, 1.54) is 5.56 Å². The molecule has 1 aromatic heterocycles. The number of aromatic nitrogens is 3. The van der Waals surface area contributed by atoms with Crippen LogP contribution in [-0.4, -0.2) is 15.0 Å². The van der Waals surface area contributed by atoms with Crippen LogP contribution in [0.5, 0.6) is 0 Å². The fraction of sp³-hybridized carbons (Fsp3) is 0.0455. The van der Waals surface area contributed by atoms with Gasteiger partial charge >= 0.3 is 0 Å². The summed E-state index contributed by atoms with van der Waals surface area (Å²) in [4.78, 5) is 0. The molecule has 1 aliphatic rings. The maximum Gasteiger partial charge on any atom is 0.121 e. The van der Waals surface area contributed by atoms with Crippen LogP contribution in [-0.2, 0) is 5.75 Å². The molecule has 0 unspecified atom stereocenters. The van der Waals surface area contributed by atoms with Crippen LogP contribution in [0.1, 0.15) is 22.4 Å². The highest BCUT2D eigenvalue weighted by Gasteiger charge is 2.06. The van der Waals surface area contributed by atoms with Crippen molar-refractivity contribution in [3.8, 4) is 17.5 Å². The van der Waals surface area contributed by atoms with Gasteiger partial charge in [-0.15, -0.1) is 10.8 Å². The predicted octanol–water partition coefficient (Wildman–Crippen LogP) is 4.21. The van der Waals surface area contributed by atoms with Gasteiger partial charge in [-0.1, -0.05) is 35.3 Å². The lowest BCUT2D eigenvalue weighted by molar-refractivity contribution is 0.802. The minimum atomic E-state index is 0.739. The standard InChI is InChI=1S/C22H15N3S/c26-16-19-9-7-17(8-10-19)5-6-18-11-13-21(14-12-18)25-15-22(23-24-25)20-3-1-2-4-20/h1-3,7-15,26H,16H2. The van der Waals surface area contributed by atoms with E-state index < -0.39 is 0 Å². The molecule has 3 nitrogen and oxygen atoms in total. The summed E-state index contributed by atoms with van der Waals surface area (Å²) in [5.74, 6) is 7.10. The van der Waals surface area contributed by atoms with E-state index >= 15 is 0 Å². The van der Waals surface area contributed by atoms with E-state index in [2.05, 4.69) is 40.5 Å². The molecule has 124 valence electrons. The largest absolute Gasteiger partial charge is 0.220 e. The van der Waals surface area contributed by atoms with Crippen LogP contribution < -0.4 is 0 Å². The molecule has 0 N–H and O–H groups in total. The number of benzene rings is 2. The molecule has 0 saturated carbocycles. The van der Waals surface area contributed by atoms with Crippen LogP contribution in [0.4, 0.5) is 0 Å². The third kappa shape index (κ3) is 3.55. The fourth-order valence-electron chi connectivity index (χ4n) is 2.54. The van der Waals surface area contributed by atoms with Crippen molar-refractivity contribution in [3.63, 3.8) is 0 Å². The Balaban J connectivity index is 1.51. The smallest absolute Gasteiger partial charge is 0.121 e. The molecule has 0 spiro atoms. The number of hydrogen-bond donors (Lipinski definition) is 1. The molecule has 0 radical (unpaired) electrons. The number of thiol groups is 1. The summed E-state index contributed by atoms with van der Waals surface area (Å²) in [6.07, 6.45) is 7.67. The topological polar surface area (TPSA) is 30.7 Å². The van der Waals surface area contributed by atoms with Crippen molar-refractivity contribution in [1.82, 2.24) is 15.0 Å². The van der Waals surface area contributed by atoms with E-state index in [1.807, 2.05) is 73.0 Å². The quantitative estimate of drug-likeness (QED) is 0.434. The molecule has 1 heterocycles. The Morgan fingerprint density at radius 2 is 1.65 bits per heavy atom. The number of hydrogen-bond acceptors (Lipinski definition) is 3. The van der Waals surface area contributed by atoms with Gasteiger partial charge in [-0.3, -0.25) is 0 Å². The van der Waals surface area contributed by atoms with Crippen molar-refractivity contribution in [2.24, 2.45) is 0 Å². The van der Waals surface area contributed by atoms with Crippen molar-refractivity contribution in [2.45, 2.75) is 5.75 Å². The highest BCUT2D eigenvalue weighted by atomic mass is 32.1. The zero-order valence-electron chi connectivity index (χ0n) is 13.9. The van der Waals surface area contributed by atoms with Gasteiger partial charge in [0.1, 0.15) is 5.69 Å². The first-order valence-corrected chi connectivity index (χ1v) is 8.83. The minimum Gasteiger partial charge on any atom is -0.220 e. The molecule has 4 rings (SSSR count). The normalized spacial score (nSPS) is 12.0. The van der Waals surface area contributed by atoms with E-state index in [-0.39, 0.29) is 0 Å². The third-order valence-electron chi connectivity index (χ3n) is 3.99. The molecule has 0 bridgehead atoms. The third-order valence-corrected chi connectivity index (χ3v) is 4.35. The second-order valence-electron chi connectivity index (χ2n) is 5.78. The first kappa shape index (κ1) is 16.2. The Morgan fingerprint density at radius 3 is 2.27 bits per heavy atom. The Labute approximate surface area is 157 Å². The van der Waals surface area contributed by atoms with Gasteiger partial charge in [0.25, 0.3) is 0 Å². The van der Waals surface area contributed by atoms with Gasteiger partial charge in [0, 0.05) is 22.5 Å². The number of allylic oxidation sites excluding steroid dienone is 3. The number of nitrogens with zero attached hydrogens (tertiary/aromatic N) is 3. The first-order valence-electron chi connectivity index (χ1n) is 8.20. The highest BCUT2D eigenvalue weighted by Crippen LogP contribution is 2.16. The Hall–Kier alpha value is -3.25. The lowest BCUT2D eigenvalue weighted by Gasteiger charge is -1.99. The van der Waals surface area contributed by atoms with Gasteiger partial charge in [0.15, 0.2) is 0 Å².